The molecule has 1 saturated heterocycles. The molecule has 8 nitrogen and oxygen atoms in total. The molecule has 1 N–H and O–H groups in total. The van der Waals surface area contributed by atoms with E-state index in [1.807, 2.05) is 63.1 Å². The fourth-order valence-electron chi connectivity index (χ4n) is 4.06. The molecule has 1 unspecified atom stereocenters. The minimum atomic E-state index is -0.563. The highest BCUT2D eigenvalue weighted by molar-refractivity contribution is 7.18. The zero-order valence-corrected chi connectivity index (χ0v) is 21.1. The highest BCUT2D eigenvalue weighted by Crippen LogP contribution is 2.32. The summed E-state index contributed by atoms with van der Waals surface area (Å²) in [5.41, 5.74) is 2.62. The van der Waals surface area contributed by atoms with Gasteiger partial charge in [0, 0.05) is 44.1 Å². The Morgan fingerprint density at radius 2 is 1.94 bits per heavy atom. The zero-order valence-electron chi connectivity index (χ0n) is 20.3. The Labute approximate surface area is 202 Å². The molecule has 0 aliphatic carbocycles. The summed E-state index contributed by atoms with van der Waals surface area (Å²) in [7, 11) is 0. The summed E-state index contributed by atoms with van der Waals surface area (Å²) >= 11 is 1.11. The third-order valence-electron chi connectivity index (χ3n) is 5.56. The van der Waals surface area contributed by atoms with Gasteiger partial charge in [-0.05, 0) is 53.2 Å². The van der Waals surface area contributed by atoms with Gasteiger partial charge in [-0.25, -0.2) is 14.2 Å². The molecule has 1 aliphatic heterocycles. The molecule has 1 fully saturated rings. The Kier molecular flexibility index (Phi) is 6.28. The molecule has 0 spiro atoms. The van der Waals surface area contributed by atoms with Gasteiger partial charge >= 0.3 is 6.09 Å². The van der Waals surface area contributed by atoms with Gasteiger partial charge in [0.15, 0.2) is 0 Å². The first-order chi connectivity index (χ1) is 15.9. The highest BCUT2D eigenvalue weighted by Gasteiger charge is 2.32. The number of hydrogen-bond acceptors (Lipinski definition) is 6. The molecule has 34 heavy (non-hydrogen) atoms. The summed E-state index contributed by atoms with van der Waals surface area (Å²) < 4.78 is 22.1. The third kappa shape index (κ3) is 5.01. The number of anilines is 2. The smallest absolute Gasteiger partial charge is 0.410 e. The third-order valence-corrected chi connectivity index (χ3v) is 6.73. The summed E-state index contributed by atoms with van der Waals surface area (Å²) in [6.07, 6.45) is 3.29. The fourth-order valence-corrected chi connectivity index (χ4v) is 5.03. The topological polar surface area (TPSA) is 79.2 Å². The van der Waals surface area contributed by atoms with Gasteiger partial charge in [0.05, 0.1) is 16.4 Å². The van der Waals surface area contributed by atoms with Gasteiger partial charge in [-0.2, -0.15) is 0 Å². The summed E-state index contributed by atoms with van der Waals surface area (Å²) in [5, 5.41) is 3.47. The lowest BCUT2D eigenvalue weighted by molar-refractivity contribution is 0.0159. The van der Waals surface area contributed by atoms with Crippen LogP contribution in [0.4, 0.5) is 19.9 Å². The van der Waals surface area contributed by atoms with Gasteiger partial charge in [-0.15, -0.1) is 11.3 Å². The van der Waals surface area contributed by atoms with Gasteiger partial charge in [0.1, 0.15) is 21.9 Å². The Morgan fingerprint density at radius 1 is 1.21 bits per heavy atom. The lowest BCUT2D eigenvalue weighted by Gasteiger charge is -2.40. The molecule has 0 bridgehead atoms. The van der Waals surface area contributed by atoms with Crippen molar-refractivity contribution in [2.24, 2.45) is 0 Å². The molecule has 182 valence electrons. The van der Waals surface area contributed by atoms with E-state index in [0.717, 1.165) is 28.2 Å². The maximum absolute atomic E-state index is 14.8. The molecule has 2 amide bonds. The molecule has 3 aromatic rings. The van der Waals surface area contributed by atoms with Crippen LogP contribution in [-0.2, 0) is 4.74 Å². The maximum atomic E-state index is 14.8. The van der Waals surface area contributed by atoms with Crippen molar-refractivity contribution in [3.05, 3.63) is 46.5 Å². The number of nitrogens with zero attached hydrogens (tertiary/aromatic N) is 4. The second-order valence-corrected chi connectivity index (χ2v) is 10.7. The van der Waals surface area contributed by atoms with Crippen LogP contribution in [0, 0.1) is 19.7 Å². The Bertz CT molecular complexity index is 1250. The van der Waals surface area contributed by atoms with E-state index in [0.29, 0.717) is 30.3 Å². The Hall–Kier alpha value is -3.14. The van der Waals surface area contributed by atoms with Crippen LogP contribution in [0.3, 0.4) is 0 Å². The van der Waals surface area contributed by atoms with Crippen molar-refractivity contribution in [2.75, 3.05) is 29.9 Å². The highest BCUT2D eigenvalue weighted by atomic mass is 32.1. The SMILES string of the molecule is Cc1cn2cc(NC(=O)c3sc(N4CCN(C(=O)OC(C)(C)C)C(C)C4)cc3F)cc(C)c2n1. The molecule has 1 aliphatic rings. The van der Waals surface area contributed by atoms with E-state index in [2.05, 4.69) is 10.3 Å². The number of thiophene rings is 1. The van der Waals surface area contributed by atoms with E-state index >= 15 is 0 Å². The van der Waals surface area contributed by atoms with E-state index in [1.165, 1.54) is 6.07 Å². The molecular formula is C24H30FN5O3S. The normalized spacial score (nSPS) is 16.7. The van der Waals surface area contributed by atoms with E-state index in [-0.39, 0.29) is 17.0 Å². The monoisotopic (exact) mass is 487 g/mol. The minimum absolute atomic E-state index is 0.0248. The van der Waals surface area contributed by atoms with E-state index in [4.69, 9.17) is 4.74 Å². The summed E-state index contributed by atoms with van der Waals surface area (Å²) in [5.74, 6) is -1.05. The predicted molar refractivity (Wildman–Crippen MR) is 132 cm³/mol. The number of ether oxygens (including phenoxy) is 1. The molecule has 0 saturated carbocycles. The first-order valence-corrected chi connectivity index (χ1v) is 12.0. The van der Waals surface area contributed by atoms with Crippen molar-refractivity contribution in [1.82, 2.24) is 14.3 Å². The van der Waals surface area contributed by atoms with E-state index in [1.54, 1.807) is 11.1 Å². The van der Waals surface area contributed by atoms with Gasteiger partial charge in [0.25, 0.3) is 5.91 Å². The number of aromatic nitrogens is 2. The van der Waals surface area contributed by atoms with Crippen LogP contribution in [0.2, 0.25) is 0 Å². The molecular weight excluding hydrogens is 457 g/mol. The number of rotatable bonds is 3. The second kappa shape index (κ2) is 8.90. The molecule has 4 heterocycles. The van der Waals surface area contributed by atoms with E-state index < -0.39 is 17.3 Å². The maximum Gasteiger partial charge on any atom is 0.410 e. The Balaban J connectivity index is 1.45. The number of carbonyl (C=O) groups excluding carboxylic acids is 2. The fraction of sp³-hybridized carbons (Fsp3) is 0.458. The van der Waals surface area contributed by atoms with Crippen molar-refractivity contribution in [2.45, 2.75) is 53.2 Å². The number of amides is 2. The standard InChI is InChI=1S/C24H30FN5O3S/c1-14-9-17(13-29-11-15(2)26-21(14)29)27-22(31)20-18(25)10-19(34-20)28-7-8-30(16(3)12-28)23(32)33-24(4,5)6/h9-11,13,16H,7-8,12H2,1-6H3,(H,27,31). The average molecular weight is 488 g/mol. The molecule has 0 aromatic carbocycles. The van der Waals surface area contributed by atoms with Crippen molar-refractivity contribution >= 4 is 39.7 Å². The lowest BCUT2D eigenvalue weighted by atomic mass is 10.2. The molecule has 4 rings (SSSR count). The lowest BCUT2D eigenvalue weighted by Crippen LogP contribution is -2.55. The van der Waals surface area contributed by atoms with Crippen molar-refractivity contribution in [1.29, 1.82) is 0 Å². The summed E-state index contributed by atoms with van der Waals surface area (Å²) in [6.45, 7) is 12.8. The number of aryl methyl sites for hydroxylation is 2. The van der Waals surface area contributed by atoms with Crippen molar-refractivity contribution in [3.8, 4) is 0 Å². The van der Waals surface area contributed by atoms with Crippen LogP contribution in [0.25, 0.3) is 5.65 Å². The number of piperazine rings is 1. The largest absolute Gasteiger partial charge is 0.444 e. The zero-order chi connectivity index (χ0) is 24.8. The quantitative estimate of drug-likeness (QED) is 0.571. The Morgan fingerprint density at radius 3 is 2.62 bits per heavy atom. The van der Waals surface area contributed by atoms with Gasteiger partial charge in [-0.3, -0.25) is 4.79 Å². The van der Waals surface area contributed by atoms with Crippen LogP contribution in [0.15, 0.2) is 24.5 Å². The first-order valence-electron chi connectivity index (χ1n) is 11.2. The number of imidazole rings is 1. The van der Waals surface area contributed by atoms with Crippen molar-refractivity contribution in [3.63, 3.8) is 0 Å². The van der Waals surface area contributed by atoms with Crippen LogP contribution in [-0.4, -0.2) is 57.6 Å². The van der Waals surface area contributed by atoms with Crippen molar-refractivity contribution < 1.29 is 18.7 Å². The molecule has 0 radical (unpaired) electrons. The molecule has 10 heteroatoms. The van der Waals surface area contributed by atoms with Crippen LogP contribution in [0.5, 0.6) is 0 Å². The second-order valence-electron chi connectivity index (χ2n) is 9.71. The number of pyridine rings is 1. The van der Waals surface area contributed by atoms with Crippen LogP contribution in [0.1, 0.15) is 48.6 Å². The average Bonchev–Trinajstić information content (AvgIpc) is 3.29. The minimum Gasteiger partial charge on any atom is -0.444 e. The van der Waals surface area contributed by atoms with Gasteiger partial charge in [-0.1, -0.05) is 0 Å². The predicted octanol–water partition coefficient (Wildman–Crippen LogP) is 4.85. The number of fused-ring (bicyclic) bond motifs is 1. The number of carbonyl (C=O) groups is 2. The first kappa shape index (κ1) is 24.0. The summed E-state index contributed by atoms with van der Waals surface area (Å²) in [6, 6.07) is 3.10. The number of hydrogen-bond donors (Lipinski definition) is 1. The number of halogens is 1. The van der Waals surface area contributed by atoms with Gasteiger partial charge < -0.3 is 24.3 Å². The number of nitrogens with one attached hydrogen (secondary N) is 1. The molecule has 3 aromatic heterocycles. The summed E-state index contributed by atoms with van der Waals surface area (Å²) in [4.78, 5) is 33.5. The van der Waals surface area contributed by atoms with E-state index in [9.17, 15) is 14.0 Å². The van der Waals surface area contributed by atoms with Gasteiger partial charge in [0.2, 0.25) is 0 Å². The van der Waals surface area contributed by atoms with Crippen LogP contribution < -0.4 is 10.2 Å². The van der Waals surface area contributed by atoms with Crippen LogP contribution >= 0.6 is 11.3 Å². The molecule has 1 atom stereocenters.